The molecule has 0 radical (unpaired) electrons. The van der Waals surface area contributed by atoms with Crippen LogP contribution >= 0.6 is 0 Å². The third-order valence-electron chi connectivity index (χ3n) is 7.58. The van der Waals surface area contributed by atoms with Crippen molar-refractivity contribution in [3.8, 4) is 0 Å². The fraction of sp³-hybridized carbons (Fsp3) is 0.850. The first-order chi connectivity index (χ1) is 11.8. The maximum Gasteiger partial charge on any atom is 0.169 e. The number of aliphatic hydroxyl groups excluding tert-OH is 4. The summed E-state index contributed by atoms with van der Waals surface area (Å²) in [6, 6.07) is 0. The Balaban J connectivity index is 2.09. The minimum atomic E-state index is -1.35. The van der Waals surface area contributed by atoms with E-state index in [0.29, 0.717) is 18.4 Å². The summed E-state index contributed by atoms with van der Waals surface area (Å²) >= 11 is 0. The molecule has 3 saturated carbocycles. The van der Waals surface area contributed by atoms with Gasteiger partial charge in [0.1, 0.15) is 6.10 Å². The van der Waals surface area contributed by atoms with Gasteiger partial charge in [-0.05, 0) is 44.1 Å². The highest BCUT2D eigenvalue weighted by Gasteiger charge is 2.65. The van der Waals surface area contributed by atoms with Crippen molar-refractivity contribution in [1.82, 2.24) is 0 Å². The summed E-state index contributed by atoms with van der Waals surface area (Å²) in [6.45, 7) is 8.86. The Hall–Kier alpha value is -0.790. The number of hydrogen-bond donors (Lipinski definition) is 5. The molecule has 1 spiro atoms. The van der Waals surface area contributed by atoms with Gasteiger partial charge in [-0.2, -0.15) is 0 Å². The Morgan fingerprint density at radius 1 is 1.04 bits per heavy atom. The molecular weight excluding hydrogens is 336 g/mol. The second-order valence-corrected chi connectivity index (χ2v) is 9.60. The van der Waals surface area contributed by atoms with E-state index < -0.39 is 46.6 Å². The maximum atomic E-state index is 12.8. The van der Waals surface area contributed by atoms with E-state index in [9.17, 15) is 30.3 Å². The van der Waals surface area contributed by atoms with Crippen LogP contribution in [-0.4, -0.2) is 61.3 Å². The van der Waals surface area contributed by atoms with Gasteiger partial charge in [-0.3, -0.25) is 4.79 Å². The molecule has 3 fully saturated rings. The van der Waals surface area contributed by atoms with Crippen LogP contribution in [-0.2, 0) is 4.79 Å². The number of hydrogen-bond acceptors (Lipinski definition) is 6. The summed E-state index contributed by atoms with van der Waals surface area (Å²) in [5.74, 6) is -1.15. The van der Waals surface area contributed by atoms with Crippen molar-refractivity contribution in [1.29, 1.82) is 0 Å². The van der Waals surface area contributed by atoms with Gasteiger partial charge < -0.3 is 25.5 Å². The molecule has 26 heavy (non-hydrogen) atoms. The Morgan fingerprint density at radius 3 is 2.27 bits per heavy atom. The predicted molar refractivity (Wildman–Crippen MR) is 95.1 cm³/mol. The van der Waals surface area contributed by atoms with Crippen LogP contribution in [0.1, 0.15) is 52.9 Å². The highest BCUT2D eigenvalue weighted by molar-refractivity contribution is 5.88. The van der Waals surface area contributed by atoms with E-state index in [1.54, 1.807) is 20.8 Å². The number of carbonyl (C=O) groups excluding carboxylic acids is 1. The number of carbonyl (C=O) groups is 1. The molecule has 0 heterocycles. The number of fused-ring (bicyclic) bond motifs is 1. The Morgan fingerprint density at radius 2 is 1.65 bits per heavy atom. The molecule has 0 aromatic rings. The molecule has 0 aromatic heterocycles. The molecule has 8 unspecified atom stereocenters. The molecule has 0 amide bonds. The molecule has 6 heteroatoms. The minimum absolute atomic E-state index is 0.00773. The van der Waals surface area contributed by atoms with Crippen LogP contribution in [0.25, 0.3) is 0 Å². The Labute approximate surface area is 154 Å². The molecule has 2 bridgehead atoms. The summed E-state index contributed by atoms with van der Waals surface area (Å²) in [6.07, 6.45) is -2.96. The summed E-state index contributed by atoms with van der Waals surface area (Å²) in [4.78, 5) is 12.8. The molecule has 8 atom stereocenters. The van der Waals surface area contributed by atoms with E-state index in [0.717, 1.165) is 0 Å². The second kappa shape index (κ2) is 6.11. The van der Waals surface area contributed by atoms with Crippen molar-refractivity contribution < 1.29 is 30.3 Å². The van der Waals surface area contributed by atoms with Gasteiger partial charge >= 0.3 is 0 Å². The van der Waals surface area contributed by atoms with Gasteiger partial charge in [0.05, 0.1) is 29.3 Å². The fourth-order valence-electron chi connectivity index (χ4n) is 5.90. The fourth-order valence-corrected chi connectivity index (χ4v) is 5.90. The van der Waals surface area contributed by atoms with Crippen molar-refractivity contribution in [2.24, 2.45) is 22.7 Å². The lowest BCUT2D eigenvalue weighted by atomic mass is 9.58. The molecule has 0 aromatic carbocycles. The lowest BCUT2D eigenvalue weighted by Gasteiger charge is -2.48. The van der Waals surface area contributed by atoms with E-state index in [4.69, 9.17) is 0 Å². The van der Waals surface area contributed by atoms with Gasteiger partial charge in [0.2, 0.25) is 0 Å². The third kappa shape index (κ3) is 2.69. The van der Waals surface area contributed by atoms with E-state index in [1.165, 1.54) is 0 Å². The number of rotatable bonds is 0. The highest BCUT2D eigenvalue weighted by atomic mass is 16.3. The van der Waals surface area contributed by atoms with Crippen LogP contribution in [0.5, 0.6) is 0 Å². The van der Waals surface area contributed by atoms with Gasteiger partial charge in [0, 0.05) is 17.8 Å². The molecule has 148 valence electrons. The first-order valence-electron chi connectivity index (χ1n) is 9.52. The van der Waals surface area contributed by atoms with Crippen LogP contribution in [0.4, 0.5) is 0 Å². The van der Waals surface area contributed by atoms with Crippen LogP contribution < -0.4 is 0 Å². The van der Waals surface area contributed by atoms with Crippen molar-refractivity contribution in [3.63, 3.8) is 0 Å². The van der Waals surface area contributed by atoms with Crippen LogP contribution in [0.15, 0.2) is 12.2 Å². The van der Waals surface area contributed by atoms with Gasteiger partial charge in [0.25, 0.3) is 0 Å². The smallest absolute Gasteiger partial charge is 0.169 e. The lowest BCUT2D eigenvalue weighted by molar-refractivity contribution is -0.149. The first kappa shape index (κ1) is 20.0. The van der Waals surface area contributed by atoms with Gasteiger partial charge in [-0.15, -0.1) is 0 Å². The second-order valence-electron chi connectivity index (χ2n) is 9.60. The van der Waals surface area contributed by atoms with Crippen molar-refractivity contribution in [2.75, 3.05) is 0 Å². The standard InChI is InChI=1S/C20H32O6/c1-10-11-5-6-12-16(24)20(11,9-19(12,4)26)8-14(22)17(25)18(2,3)15(23)7-13(10)21/h11-16,21-24,26H,1,5-9H2,2-4H3. The summed E-state index contributed by atoms with van der Waals surface area (Å²) < 4.78 is 0. The minimum Gasteiger partial charge on any atom is -0.392 e. The van der Waals surface area contributed by atoms with Crippen molar-refractivity contribution in [3.05, 3.63) is 12.2 Å². The van der Waals surface area contributed by atoms with E-state index in [1.807, 2.05) is 0 Å². The quantitative estimate of drug-likeness (QED) is 0.398. The molecular formula is C20H32O6. The van der Waals surface area contributed by atoms with E-state index >= 15 is 0 Å². The van der Waals surface area contributed by atoms with E-state index in [2.05, 4.69) is 6.58 Å². The number of aliphatic hydroxyl groups is 5. The van der Waals surface area contributed by atoms with Crippen LogP contribution in [0, 0.1) is 22.7 Å². The monoisotopic (exact) mass is 368 g/mol. The maximum absolute atomic E-state index is 12.8. The Bertz CT molecular complexity index is 611. The van der Waals surface area contributed by atoms with Crippen molar-refractivity contribution >= 4 is 5.78 Å². The largest absolute Gasteiger partial charge is 0.392 e. The number of Topliss-reactive ketones (excluding diaryl/α,β-unsaturated/α-hetero) is 1. The third-order valence-corrected chi connectivity index (χ3v) is 7.58. The van der Waals surface area contributed by atoms with Crippen LogP contribution in [0.2, 0.25) is 0 Å². The highest BCUT2D eigenvalue weighted by Crippen LogP contribution is 2.63. The zero-order valence-corrected chi connectivity index (χ0v) is 15.9. The molecule has 3 aliphatic carbocycles. The SMILES string of the molecule is C=C1C(O)CC(O)C(C)(C)C(=O)C(O)CC23CC(C)(O)C(CCC12)C3O. The van der Waals surface area contributed by atoms with Gasteiger partial charge in [-0.25, -0.2) is 0 Å². The molecule has 3 rings (SSSR count). The summed E-state index contributed by atoms with van der Waals surface area (Å²) in [5.41, 5.74) is -2.72. The molecule has 6 nitrogen and oxygen atoms in total. The molecule has 0 aliphatic heterocycles. The average molecular weight is 368 g/mol. The first-order valence-corrected chi connectivity index (χ1v) is 9.52. The zero-order valence-electron chi connectivity index (χ0n) is 15.9. The molecule has 5 N–H and O–H groups in total. The summed E-state index contributed by atoms with van der Waals surface area (Å²) in [7, 11) is 0. The van der Waals surface area contributed by atoms with Gasteiger partial charge in [-0.1, -0.05) is 20.4 Å². The van der Waals surface area contributed by atoms with Crippen molar-refractivity contribution in [2.45, 2.75) is 82.9 Å². The topological polar surface area (TPSA) is 118 Å². The van der Waals surface area contributed by atoms with E-state index in [-0.39, 0.29) is 31.1 Å². The molecule has 3 aliphatic rings. The zero-order chi connectivity index (χ0) is 19.7. The van der Waals surface area contributed by atoms with Gasteiger partial charge in [0.15, 0.2) is 5.78 Å². The summed E-state index contributed by atoms with van der Waals surface area (Å²) in [5, 5.41) is 53.7. The molecule has 0 saturated heterocycles. The van der Waals surface area contributed by atoms with Crippen LogP contribution in [0.3, 0.4) is 0 Å². The average Bonchev–Trinajstić information content (AvgIpc) is 2.65. The predicted octanol–water partition coefficient (Wildman–Crippen LogP) is 0.543. The lowest BCUT2D eigenvalue weighted by Crippen LogP contribution is -2.53. The number of ketones is 1. The normalized spacial score (nSPS) is 51.8. The Kier molecular flexibility index (Phi) is 4.69.